The van der Waals surface area contributed by atoms with Crippen LogP contribution in [0.4, 0.5) is 0 Å². The second kappa shape index (κ2) is 4.97. The molecule has 2 aromatic rings. The van der Waals surface area contributed by atoms with Gasteiger partial charge < -0.3 is 15.0 Å². The van der Waals surface area contributed by atoms with Gasteiger partial charge in [0.2, 0.25) is 0 Å². The molecule has 0 aliphatic carbocycles. The maximum absolute atomic E-state index is 5.70. The Morgan fingerprint density at radius 1 is 1.29 bits per heavy atom. The van der Waals surface area contributed by atoms with Crippen LogP contribution in [0.25, 0.3) is 0 Å². The molecule has 0 unspecified atom stereocenters. The zero-order chi connectivity index (χ0) is 12.3. The maximum Gasteiger partial charge on any atom is 0.170 e. The van der Waals surface area contributed by atoms with E-state index >= 15 is 0 Å². The summed E-state index contributed by atoms with van der Waals surface area (Å²) in [5.41, 5.74) is 6.63. The van der Waals surface area contributed by atoms with E-state index < -0.39 is 0 Å². The minimum absolute atomic E-state index is 0.397. The lowest BCUT2D eigenvalue weighted by molar-refractivity contribution is 0.288. The first-order valence-corrected chi connectivity index (χ1v) is 5.48. The highest BCUT2D eigenvalue weighted by Crippen LogP contribution is 2.18. The number of para-hydroxylation sites is 1. The number of rotatable bonds is 4. The molecule has 0 radical (unpaired) electrons. The summed E-state index contributed by atoms with van der Waals surface area (Å²) in [6, 6.07) is 7.74. The zero-order valence-corrected chi connectivity index (χ0v) is 10.1. The van der Waals surface area contributed by atoms with Crippen LogP contribution in [0.3, 0.4) is 0 Å². The molecule has 0 aliphatic rings. The fourth-order valence-corrected chi connectivity index (χ4v) is 1.53. The largest absolute Gasteiger partial charge is 0.485 e. The molecule has 17 heavy (non-hydrogen) atoms. The molecule has 5 nitrogen and oxygen atoms in total. The molecule has 0 aliphatic heterocycles. The van der Waals surface area contributed by atoms with Gasteiger partial charge in [-0.3, -0.25) is 0 Å². The van der Waals surface area contributed by atoms with E-state index in [0.29, 0.717) is 13.2 Å². The SMILES string of the molecule is Cc1nnc(COc2ccccc2CN)n1C. The van der Waals surface area contributed by atoms with Crippen LogP contribution in [-0.4, -0.2) is 14.8 Å². The molecule has 0 saturated heterocycles. The average molecular weight is 232 g/mol. The molecule has 0 saturated carbocycles. The van der Waals surface area contributed by atoms with Crippen LogP contribution in [0.15, 0.2) is 24.3 Å². The molecule has 0 fully saturated rings. The van der Waals surface area contributed by atoms with Crippen LogP contribution >= 0.6 is 0 Å². The Hall–Kier alpha value is -1.88. The Morgan fingerprint density at radius 2 is 2.06 bits per heavy atom. The number of ether oxygens (including phenoxy) is 1. The van der Waals surface area contributed by atoms with Gasteiger partial charge in [-0.1, -0.05) is 18.2 Å². The quantitative estimate of drug-likeness (QED) is 0.859. The van der Waals surface area contributed by atoms with Crippen molar-refractivity contribution in [3.05, 3.63) is 41.5 Å². The summed E-state index contributed by atoms with van der Waals surface area (Å²) >= 11 is 0. The second-order valence-electron chi connectivity index (χ2n) is 3.82. The molecule has 90 valence electrons. The van der Waals surface area contributed by atoms with Crippen LogP contribution in [0, 0.1) is 6.92 Å². The minimum atomic E-state index is 0.397. The number of nitrogens with zero attached hydrogens (tertiary/aromatic N) is 3. The van der Waals surface area contributed by atoms with Crippen LogP contribution in [0.1, 0.15) is 17.2 Å². The lowest BCUT2D eigenvalue weighted by atomic mass is 10.2. The summed E-state index contributed by atoms with van der Waals surface area (Å²) in [6.45, 7) is 2.77. The molecule has 5 heteroatoms. The van der Waals surface area contributed by atoms with Gasteiger partial charge in [-0.2, -0.15) is 0 Å². The van der Waals surface area contributed by atoms with Crippen molar-refractivity contribution in [1.82, 2.24) is 14.8 Å². The van der Waals surface area contributed by atoms with Crippen LogP contribution in [0.5, 0.6) is 5.75 Å². The van der Waals surface area contributed by atoms with Gasteiger partial charge in [-0.05, 0) is 13.0 Å². The molecule has 0 bridgehead atoms. The monoisotopic (exact) mass is 232 g/mol. The summed E-state index contributed by atoms with van der Waals surface area (Å²) in [6.07, 6.45) is 0. The van der Waals surface area contributed by atoms with Gasteiger partial charge in [0.1, 0.15) is 18.2 Å². The highest BCUT2D eigenvalue weighted by atomic mass is 16.5. The van der Waals surface area contributed by atoms with Gasteiger partial charge in [-0.25, -0.2) is 0 Å². The van der Waals surface area contributed by atoms with E-state index in [1.165, 1.54) is 0 Å². The van der Waals surface area contributed by atoms with Gasteiger partial charge in [0.15, 0.2) is 5.82 Å². The second-order valence-corrected chi connectivity index (χ2v) is 3.82. The molecule has 0 amide bonds. The molecular weight excluding hydrogens is 216 g/mol. The lowest BCUT2D eigenvalue weighted by Crippen LogP contribution is -2.06. The Bertz CT molecular complexity index is 507. The van der Waals surface area contributed by atoms with E-state index in [0.717, 1.165) is 23.0 Å². The number of aryl methyl sites for hydroxylation is 1. The Balaban J connectivity index is 2.10. The summed E-state index contributed by atoms with van der Waals surface area (Å²) in [5, 5.41) is 8.02. The van der Waals surface area contributed by atoms with Crippen LogP contribution in [0.2, 0.25) is 0 Å². The molecular formula is C12H16N4O. The van der Waals surface area contributed by atoms with E-state index in [-0.39, 0.29) is 0 Å². The van der Waals surface area contributed by atoms with Crippen molar-refractivity contribution < 1.29 is 4.74 Å². The first kappa shape index (κ1) is 11.6. The third-order valence-corrected chi connectivity index (χ3v) is 2.73. The molecule has 2 rings (SSSR count). The molecule has 1 aromatic heterocycles. The molecule has 2 N–H and O–H groups in total. The van der Waals surface area contributed by atoms with Crippen molar-refractivity contribution in [3.8, 4) is 5.75 Å². The predicted molar refractivity (Wildman–Crippen MR) is 64.4 cm³/mol. The Kier molecular flexibility index (Phi) is 3.39. The number of aromatic nitrogens is 3. The molecule has 0 atom stereocenters. The van der Waals surface area contributed by atoms with Crippen molar-refractivity contribution in [2.24, 2.45) is 12.8 Å². The van der Waals surface area contributed by atoms with Crippen molar-refractivity contribution in [2.45, 2.75) is 20.1 Å². The number of benzene rings is 1. The van der Waals surface area contributed by atoms with E-state index in [9.17, 15) is 0 Å². The highest BCUT2D eigenvalue weighted by molar-refractivity contribution is 5.33. The minimum Gasteiger partial charge on any atom is -0.485 e. The molecule has 0 spiro atoms. The smallest absolute Gasteiger partial charge is 0.170 e. The number of hydrogen-bond acceptors (Lipinski definition) is 4. The highest BCUT2D eigenvalue weighted by Gasteiger charge is 2.07. The lowest BCUT2D eigenvalue weighted by Gasteiger charge is -2.09. The van der Waals surface area contributed by atoms with Gasteiger partial charge in [0.05, 0.1) is 0 Å². The summed E-state index contributed by atoms with van der Waals surface area (Å²) < 4.78 is 7.61. The van der Waals surface area contributed by atoms with Gasteiger partial charge in [0, 0.05) is 19.2 Å². The third-order valence-electron chi connectivity index (χ3n) is 2.73. The van der Waals surface area contributed by atoms with Crippen LogP contribution in [-0.2, 0) is 20.2 Å². The zero-order valence-electron chi connectivity index (χ0n) is 10.1. The van der Waals surface area contributed by atoms with E-state index in [1.807, 2.05) is 42.8 Å². The topological polar surface area (TPSA) is 66.0 Å². The number of hydrogen-bond donors (Lipinski definition) is 1. The average Bonchev–Trinajstić information content (AvgIpc) is 2.68. The summed E-state index contributed by atoms with van der Waals surface area (Å²) in [4.78, 5) is 0. The third kappa shape index (κ3) is 2.45. The normalized spacial score (nSPS) is 10.5. The van der Waals surface area contributed by atoms with Crippen molar-refractivity contribution in [3.63, 3.8) is 0 Å². The standard InChI is InChI=1S/C12H16N4O/c1-9-14-15-12(16(9)2)8-17-11-6-4-3-5-10(11)7-13/h3-6H,7-8,13H2,1-2H3. The fraction of sp³-hybridized carbons (Fsp3) is 0.333. The van der Waals surface area contributed by atoms with Gasteiger partial charge in [0.25, 0.3) is 0 Å². The first-order valence-electron chi connectivity index (χ1n) is 5.48. The first-order chi connectivity index (χ1) is 8.22. The Labute approximate surface area is 100 Å². The number of nitrogens with two attached hydrogens (primary N) is 1. The van der Waals surface area contributed by atoms with Crippen molar-refractivity contribution >= 4 is 0 Å². The van der Waals surface area contributed by atoms with Gasteiger partial charge in [-0.15, -0.1) is 10.2 Å². The maximum atomic E-state index is 5.70. The fourth-order valence-electron chi connectivity index (χ4n) is 1.53. The van der Waals surface area contributed by atoms with Gasteiger partial charge >= 0.3 is 0 Å². The van der Waals surface area contributed by atoms with E-state index in [1.54, 1.807) is 0 Å². The van der Waals surface area contributed by atoms with E-state index in [4.69, 9.17) is 10.5 Å². The molecule has 1 heterocycles. The predicted octanol–water partition coefficient (Wildman–Crippen LogP) is 1.16. The Morgan fingerprint density at radius 3 is 2.71 bits per heavy atom. The molecule has 1 aromatic carbocycles. The summed E-state index contributed by atoms with van der Waals surface area (Å²) in [7, 11) is 1.92. The van der Waals surface area contributed by atoms with Crippen LogP contribution < -0.4 is 10.5 Å². The van der Waals surface area contributed by atoms with Crippen molar-refractivity contribution in [1.29, 1.82) is 0 Å². The van der Waals surface area contributed by atoms with E-state index in [2.05, 4.69) is 10.2 Å². The summed E-state index contributed by atoms with van der Waals surface area (Å²) in [5.74, 6) is 2.47. The van der Waals surface area contributed by atoms with Crippen molar-refractivity contribution in [2.75, 3.05) is 0 Å².